The molecular formula is C21H23ClFN7O2S. The van der Waals surface area contributed by atoms with Gasteiger partial charge in [0, 0.05) is 12.7 Å². The molecule has 3 atom stereocenters. The number of rotatable bonds is 3. The highest BCUT2D eigenvalue weighted by Gasteiger charge is 2.61. The van der Waals surface area contributed by atoms with E-state index in [1.165, 1.54) is 24.4 Å². The molecule has 0 bridgehead atoms. The van der Waals surface area contributed by atoms with Crippen molar-refractivity contribution in [2.24, 2.45) is 10.7 Å². The molecule has 174 valence electrons. The van der Waals surface area contributed by atoms with Crippen LogP contribution in [0.25, 0.3) is 0 Å². The lowest BCUT2D eigenvalue weighted by molar-refractivity contribution is 0.102. The van der Waals surface area contributed by atoms with E-state index in [2.05, 4.69) is 25.0 Å². The van der Waals surface area contributed by atoms with Gasteiger partial charge in [0.15, 0.2) is 0 Å². The van der Waals surface area contributed by atoms with E-state index in [9.17, 15) is 9.35 Å². The van der Waals surface area contributed by atoms with Crippen LogP contribution >= 0.6 is 22.1 Å². The molecule has 2 aliphatic heterocycles. The molecule has 2 aromatic rings. The van der Waals surface area contributed by atoms with Crippen molar-refractivity contribution in [3.63, 3.8) is 0 Å². The topological polar surface area (TPSA) is 149 Å². The molecule has 1 amide bonds. The molecule has 4 rings (SSSR count). The Bertz CT molecular complexity index is 1230. The van der Waals surface area contributed by atoms with Crippen LogP contribution in [0.15, 0.2) is 29.4 Å². The monoisotopic (exact) mass is 491 g/mol. The predicted octanol–water partition coefficient (Wildman–Crippen LogP) is 3.31. The fraction of sp³-hybridized carbons (Fsp3) is 0.381. The largest absolute Gasteiger partial charge is 0.386 e. The van der Waals surface area contributed by atoms with Gasteiger partial charge in [0.25, 0.3) is 5.91 Å². The lowest BCUT2D eigenvalue weighted by Gasteiger charge is -2.55. The number of anilines is 1. The quantitative estimate of drug-likeness (QED) is 0.514. The minimum atomic E-state index is -2.49. The summed E-state index contributed by atoms with van der Waals surface area (Å²) in [6.45, 7) is 5.88. The highest BCUT2D eigenvalue weighted by atomic mass is 35.5. The second kappa shape index (κ2) is 7.92. The summed E-state index contributed by atoms with van der Waals surface area (Å²) in [5.41, 5.74) is 5.09. The van der Waals surface area contributed by atoms with Gasteiger partial charge in [-0.15, -0.1) is 0 Å². The van der Waals surface area contributed by atoms with E-state index in [1.807, 2.05) is 19.9 Å². The molecule has 2 aromatic heterocycles. The zero-order valence-electron chi connectivity index (χ0n) is 18.2. The third kappa shape index (κ3) is 3.54. The second-order valence-corrected chi connectivity index (χ2v) is 12.1. The standard InChI is InChI=1S/C21H23ClFN7O2S/c1-20(2)19(25)30-21(3,14-6-7-27-33(14,20)32)17-13(23)4-5-15(28-17)29-18(31)16-12(22)8-11(9-24)10-26-16/h4-5,8,10,14,27,32H,6-7H2,1-3H3,(H2,25,30)(H,28,29,31)/t14-,21+/m1/s1. The summed E-state index contributed by atoms with van der Waals surface area (Å²) in [7, 11) is -2.49. The normalized spacial score (nSPS) is 29.8. The van der Waals surface area contributed by atoms with Crippen molar-refractivity contribution in [1.82, 2.24) is 14.7 Å². The zero-order valence-corrected chi connectivity index (χ0v) is 19.8. The van der Waals surface area contributed by atoms with Crippen LogP contribution < -0.4 is 15.8 Å². The van der Waals surface area contributed by atoms with Crippen LogP contribution in [0.5, 0.6) is 0 Å². The molecule has 2 aliphatic rings. The van der Waals surface area contributed by atoms with Gasteiger partial charge < -0.3 is 15.6 Å². The molecule has 9 nitrogen and oxygen atoms in total. The Kier molecular flexibility index (Phi) is 5.61. The second-order valence-electron chi connectivity index (χ2n) is 8.60. The summed E-state index contributed by atoms with van der Waals surface area (Å²) in [4.78, 5) is 25.6. The number of aromatic nitrogens is 2. The summed E-state index contributed by atoms with van der Waals surface area (Å²) in [5.74, 6) is -1.03. The molecule has 0 saturated carbocycles. The zero-order chi connectivity index (χ0) is 24.2. The van der Waals surface area contributed by atoms with Gasteiger partial charge in [0.2, 0.25) is 0 Å². The van der Waals surface area contributed by atoms with E-state index >= 15 is 4.39 Å². The number of nitriles is 1. The van der Waals surface area contributed by atoms with Gasteiger partial charge in [-0.25, -0.2) is 14.4 Å². The van der Waals surface area contributed by atoms with Gasteiger partial charge in [-0.05, 0) is 45.4 Å². The van der Waals surface area contributed by atoms with Gasteiger partial charge in [-0.2, -0.15) is 5.26 Å². The molecule has 4 heterocycles. The summed E-state index contributed by atoms with van der Waals surface area (Å²) in [6.07, 6.45) is 1.79. The third-order valence-corrected chi connectivity index (χ3v) is 10.5. The number of aliphatic imine (C=N–C) groups is 1. The minimum absolute atomic E-state index is 0.00146. The van der Waals surface area contributed by atoms with E-state index in [-0.39, 0.29) is 33.6 Å². The molecule has 0 radical (unpaired) electrons. The average molecular weight is 492 g/mol. The summed E-state index contributed by atoms with van der Waals surface area (Å²) < 4.78 is 29.0. The van der Waals surface area contributed by atoms with Crippen molar-refractivity contribution < 1.29 is 13.7 Å². The Morgan fingerprint density at radius 2 is 2.18 bits per heavy atom. The van der Waals surface area contributed by atoms with Gasteiger partial charge in [-0.3, -0.25) is 14.5 Å². The fourth-order valence-electron chi connectivity index (χ4n) is 4.30. The highest BCUT2D eigenvalue weighted by Crippen LogP contribution is 2.67. The molecule has 0 spiro atoms. The summed E-state index contributed by atoms with van der Waals surface area (Å²) in [5, 5.41) is 11.1. The number of amides is 1. The smallest absolute Gasteiger partial charge is 0.276 e. The van der Waals surface area contributed by atoms with Crippen LogP contribution in [0.2, 0.25) is 5.02 Å². The van der Waals surface area contributed by atoms with Crippen molar-refractivity contribution in [2.45, 2.75) is 42.7 Å². The summed E-state index contributed by atoms with van der Waals surface area (Å²) in [6, 6.07) is 5.70. The molecule has 1 fully saturated rings. The fourth-order valence-corrected chi connectivity index (χ4v) is 7.90. The minimum Gasteiger partial charge on any atom is -0.386 e. The number of hydrogen-bond acceptors (Lipinski definition) is 8. The first-order valence-electron chi connectivity index (χ1n) is 10.1. The van der Waals surface area contributed by atoms with Crippen molar-refractivity contribution in [1.29, 1.82) is 5.26 Å². The van der Waals surface area contributed by atoms with E-state index in [1.54, 1.807) is 6.92 Å². The number of carbonyl (C=O) groups is 1. The van der Waals surface area contributed by atoms with Crippen LogP contribution in [0, 0.1) is 17.1 Å². The molecule has 5 N–H and O–H groups in total. The third-order valence-electron chi connectivity index (χ3n) is 6.27. The van der Waals surface area contributed by atoms with E-state index in [0.29, 0.717) is 13.0 Å². The number of nitrogens with one attached hydrogen (secondary N) is 2. The van der Waals surface area contributed by atoms with Crippen LogP contribution in [0.1, 0.15) is 48.9 Å². The first-order valence-corrected chi connectivity index (χ1v) is 12.2. The molecule has 33 heavy (non-hydrogen) atoms. The van der Waals surface area contributed by atoms with Gasteiger partial charge in [0.05, 0.1) is 20.6 Å². The van der Waals surface area contributed by atoms with Crippen molar-refractivity contribution >= 4 is 39.7 Å². The number of nitrogens with two attached hydrogens (primary N) is 1. The molecule has 12 heteroatoms. The number of halogens is 2. The first kappa shape index (κ1) is 23.4. The van der Waals surface area contributed by atoms with Crippen molar-refractivity contribution in [3.8, 4) is 6.07 Å². The molecule has 0 aromatic carbocycles. The highest BCUT2D eigenvalue weighted by molar-refractivity contribution is 8.29. The lowest BCUT2D eigenvalue weighted by Crippen LogP contribution is -2.57. The van der Waals surface area contributed by atoms with Crippen LogP contribution in [-0.2, 0) is 5.54 Å². The average Bonchev–Trinajstić information content (AvgIpc) is 3.18. The first-order chi connectivity index (χ1) is 15.4. The van der Waals surface area contributed by atoms with Gasteiger partial charge in [0.1, 0.15) is 40.5 Å². The number of amidine groups is 1. The Hall–Kier alpha value is -2.78. The van der Waals surface area contributed by atoms with Crippen LogP contribution in [0.4, 0.5) is 10.2 Å². The molecule has 1 saturated heterocycles. The predicted molar refractivity (Wildman–Crippen MR) is 126 cm³/mol. The van der Waals surface area contributed by atoms with Crippen LogP contribution in [0.3, 0.4) is 0 Å². The SMILES string of the molecule is CC1(C)C(N)=N[C@](C)(c2nc(NC(=O)c3ncc(C#N)cc3Cl)ccc2F)[C@H]2CCNS21O. The number of fused-ring (bicyclic) bond motifs is 1. The maximum absolute atomic E-state index is 15.1. The Morgan fingerprint density at radius 3 is 2.85 bits per heavy atom. The van der Waals surface area contributed by atoms with E-state index in [4.69, 9.17) is 22.6 Å². The number of nitrogens with zero attached hydrogens (tertiary/aromatic N) is 4. The Labute approximate surface area is 196 Å². The Balaban J connectivity index is 1.73. The molecule has 1 unspecified atom stereocenters. The number of pyridine rings is 2. The van der Waals surface area contributed by atoms with Crippen molar-refractivity contribution in [3.05, 3.63) is 52.2 Å². The van der Waals surface area contributed by atoms with Crippen molar-refractivity contribution in [2.75, 3.05) is 11.9 Å². The number of carbonyl (C=O) groups excluding carboxylic acids is 1. The maximum atomic E-state index is 15.1. The maximum Gasteiger partial charge on any atom is 0.276 e. The van der Waals surface area contributed by atoms with Crippen LogP contribution in [-0.4, -0.2) is 42.8 Å². The summed E-state index contributed by atoms with van der Waals surface area (Å²) >= 11 is 6.07. The Morgan fingerprint density at radius 1 is 1.45 bits per heavy atom. The van der Waals surface area contributed by atoms with E-state index in [0.717, 1.165) is 0 Å². The van der Waals surface area contributed by atoms with Gasteiger partial charge >= 0.3 is 0 Å². The molecular weight excluding hydrogens is 469 g/mol. The number of hydrogen-bond donors (Lipinski definition) is 4. The van der Waals surface area contributed by atoms with Gasteiger partial charge in [-0.1, -0.05) is 22.1 Å². The van der Waals surface area contributed by atoms with E-state index < -0.39 is 37.8 Å². The molecule has 0 aliphatic carbocycles. The lowest BCUT2D eigenvalue weighted by atomic mass is 9.90.